The van der Waals surface area contributed by atoms with E-state index in [0.29, 0.717) is 5.82 Å². The Morgan fingerprint density at radius 3 is 1.46 bits per heavy atom. The highest BCUT2D eigenvalue weighted by molar-refractivity contribution is 6.22. The number of hydrogen-bond donors (Lipinski definition) is 0. The van der Waals surface area contributed by atoms with Gasteiger partial charge in [0, 0.05) is 24.2 Å². The summed E-state index contributed by atoms with van der Waals surface area (Å²) in [6.45, 7) is 0. The van der Waals surface area contributed by atoms with Crippen molar-refractivity contribution >= 4 is 43.1 Å². The summed E-state index contributed by atoms with van der Waals surface area (Å²) in [6, 6.07) is 52.5. The standard InChI is InChI=1S/C43H27N3/c1-3-10-30-24-33(16-14-28(30)8-1)41-36-12-5-6-13-37(36)42(34-17-15-29-9-2-4-11-31(29)25-34)39-26-32(18-20-38(39)41)35-19-21-40(46-27-35)43-44-22-7-23-45-43/h1-27H. The average Bonchev–Trinajstić information content (AvgIpc) is 3.13. The van der Waals surface area contributed by atoms with Crippen LogP contribution in [-0.4, -0.2) is 15.0 Å². The highest BCUT2D eigenvalue weighted by atomic mass is 14.9. The van der Waals surface area contributed by atoms with E-state index in [1.54, 1.807) is 12.4 Å². The van der Waals surface area contributed by atoms with E-state index in [0.717, 1.165) is 16.8 Å². The highest BCUT2D eigenvalue weighted by Crippen LogP contribution is 2.45. The molecule has 0 aliphatic heterocycles. The van der Waals surface area contributed by atoms with Crippen LogP contribution in [0.4, 0.5) is 0 Å². The van der Waals surface area contributed by atoms with Crippen molar-refractivity contribution in [2.45, 2.75) is 0 Å². The third-order valence-electron chi connectivity index (χ3n) is 8.99. The predicted molar refractivity (Wildman–Crippen MR) is 192 cm³/mol. The Morgan fingerprint density at radius 1 is 0.326 bits per heavy atom. The van der Waals surface area contributed by atoms with Crippen LogP contribution in [0.1, 0.15) is 0 Å². The molecule has 7 aromatic carbocycles. The molecule has 46 heavy (non-hydrogen) atoms. The average molecular weight is 586 g/mol. The Balaban J connectivity index is 1.33. The van der Waals surface area contributed by atoms with Crippen molar-refractivity contribution in [2.75, 3.05) is 0 Å². The number of pyridine rings is 1. The van der Waals surface area contributed by atoms with Crippen LogP contribution in [0.15, 0.2) is 164 Å². The van der Waals surface area contributed by atoms with Gasteiger partial charge in [0.1, 0.15) is 5.69 Å². The van der Waals surface area contributed by atoms with Crippen LogP contribution in [0.5, 0.6) is 0 Å². The number of rotatable bonds is 4. The maximum absolute atomic E-state index is 4.74. The fourth-order valence-electron chi connectivity index (χ4n) is 6.80. The van der Waals surface area contributed by atoms with Gasteiger partial charge < -0.3 is 0 Å². The minimum absolute atomic E-state index is 0.623. The van der Waals surface area contributed by atoms with E-state index < -0.39 is 0 Å². The Labute approximate surface area is 266 Å². The third-order valence-corrected chi connectivity index (χ3v) is 8.99. The van der Waals surface area contributed by atoms with Gasteiger partial charge in [0.15, 0.2) is 5.82 Å². The molecule has 2 aromatic heterocycles. The molecule has 0 amide bonds. The summed E-state index contributed by atoms with van der Waals surface area (Å²) in [5.41, 5.74) is 7.83. The second-order valence-electron chi connectivity index (χ2n) is 11.7. The first-order valence-corrected chi connectivity index (χ1v) is 15.5. The van der Waals surface area contributed by atoms with Crippen molar-refractivity contribution in [3.8, 4) is 44.9 Å². The van der Waals surface area contributed by atoms with E-state index in [-0.39, 0.29) is 0 Å². The van der Waals surface area contributed by atoms with E-state index in [9.17, 15) is 0 Å². The predicted octanol–water partition coefficient (Wildman–Crippen LogP) is 11.2. The molecule has 0 saturated carbocycles. The fourth-order valence-corrected chi connectivity index (χ4v) is 6.80. The van der Waals surface area contributed by atoms with Gasteiger partial charge >= 0.3 is 0 Å². The molecule has 2 heterocycles. The topological polar surface area (TPSA) is 38.7 Å². The third kappa shape index (κ3) is 4.41. The maximum atomic E-state index is 4.74. The van der Waals surface area contributed by atoms with Crippen molar-refractivity contribution in [3.63, 3.8) is 0 Å². The van der Waals surface area contributed by atoms with Gasteiger partial charge in [0.2, 0.25) is 0 Å². The largest absolute Gasteiger partial charge is 0.252 e. The molecule has 214 valence electrons. The van der Waals surface area contributed by atoms with Gasteiger partial charge in [-0.3, -0.25) is 4.98 Å². The van der Waals surface area contributed by atoms with Gasteiger partial charge in [-0.25, -0.2) is 9.97 Å². The molecule has 0 aliphatic carbocycles. The molecular weight excluding hydrogens is 558 g/mol. The Morgan fingerprint density at radius 2 is 0.848 bits per heavy atom. The first-order chi connectivity index (χ1) is 22.8. The van der Waals surface area contributed by atoms with Crippen LogP contribution in [-0.2, 0) is 0 Å². The first kappa shape index (κ1) is 26.2. The van der Waals surface area contributed by atoms with Crippen LogP contribution in [0.3, 0.4) is 0 Å². The Kier molecular flexibility index (Phi) is 6.14. The lowest BCUT2D eigenvalue weighted by Crippen LogP contribution is -1.93. The minimum atomic E-state index is 0.623. The van der Waals surface area contributed by atoms with Gasteiger partial charge in [0.05, 0.1) is 0 Å². The molecule has 9 rings (SSSR count). The van der Waals surface area contributed by atoms with Crippen molar-refractivity contribution in [1.29, 1.82) is 0 Å². The molecule has 0 unspecified atom stereocenters. The molecule has 0 aliphatic rings. The zero-order valence-electron chi connectivity index (χ0n) is 24.9. The second-order valence-corrected chi connectivity index (χ2v) is 11.7. The van der Waals surface area contributed by atoms with Crippen molar-refractivity contribution in [1.82, 2.24) is 15.0 Å². The lowest BCUT2D eigenvalue weighted by molar-refractivity contribution is 1.14. The Bertz CT molecular complexity index is 2570. The van der Waals surface area contributed by atoms with Crippen LogP contribution in [0, 0.1) is 0 Å². The molecule has 0 atom stereocenters. The van der Waals surface area contributed by atoms with E-state index >= 15 is 0 Å². The number of aromatic nitrogens is 3. The summed E-state index contributed by atoms with van der Waals surface area (Å²) in [5, 5.41) is 9.87. The zero-order chi connectivity index (χ0) is 30.5. The zero-order valence-corrected chi connectivity index (χ0v) is 24.9. The minimum Gasteiger partial charge on any atom is -0.252 e. The maximum Gasteiger partial charge on any atom is 0.178 e. The highest BCUT2D eigenvalue weighted by Gasteiger charge is 2.18. The molecule has 0 bridgehead atoms. The van der Waals surface area contributed by atoms with Gasteiger partial charge in [-0.1, -0.05) is 115 Å². The molecule has 9 aromatic rings. The summed E-state index contributed by atoms with van der Waals surface area (Å²) in [5.74, 6) is 0.623. The van der Waals surface area contributed by atoms with E-state index in [2.05, 4.69) is 143 Å². The molecule has 0 saturated heterocycles. The quantitative estimate of drug-likeness (QED) is 0.193. The summed E-state index contributed by atoms with van der Waals surface area (Å²) in [7, 11) is 0. The van der Waals surface area contributed by atoms with Crippen LogP contribution in [0.2, 0.25) is 0 Å². The molecule has 0 radical (unpaired) electrons. The summed E-state index contributed by atoms with van der Waals surface area (Å²) < 4.78 is 0. The molecular formula is C43H27N3. The first-order valence-electron chi connectivity index (χ1n) is 15.5. The molecule has 3 nitrogen and oxygen atoms in total. The van der Waals surface area contributed by atoms with E-state index in [1.807, 2.05) is 18.3 Å². The number of fused-ring (bicyclic) bond motifs is 4. The molecule has 3 heteroatoms. The van der Waals surface area contributed by atoms with Crippen LogP contribution >= 0.6 is 0 Å². The lowest BCUT2D eigenvalue weighted by Gasteiger charge is -2.19. The van der Waals surface area contributed by atoms with Gasteiger partial charge in [0.25, 0.3) is 0 Å². The normalized spacial score (nSPS) is 11.5. The monoisotopic (exact) mass is 585 g/mol. The number of hydrogen-bond acceptors (Lipinski definition) is 3. The van der Waals surface area contributed by atoms with Crippen molar-refractivity contribution in [2.24, 2.45) is 0 Å². The smallest absolute Gasteiger partial charge is 0.178 e. The summed E-state index contributed by atoms with van der Waals surface area (Å²) >= 11 is 0. The molecule has 0 spiro atoms. The van der Waals surface area contributed by atoms with Gasteiger partial charge in [-0.2, -0.15) is 0 Å². The van der Waals surface area contributed by atoms with E-state index in [1.165, 1.54) is 65.3 Å². The van der Waals surface area contributed by atoms with Gasteiger partial charge in [-0.05, 0) is 101 Å². The van der Waals surface area contributed by atoms with Crippen LogP contribution < -0.4 is 0 Å². The SMILES string of the molecule is c1cnc(-c2ccc(-c3ccc4c(-c5ccc6ccccc6c5)c5ccccc5c(-c5ccc6ccccc6c5)c4c3)cn2)nc1. The summed E-state index contributed by atoms with van der Waals surface area (Å²) in [6.07, 6.45) is 5.41. The fraction of sp³-hybridized carbons (Fsp3) is 0. The van der Waals surface area contributed by atoms with E-state index in [4.69, 9.17) is 4.98 Å². The number of benzene rings is 7. The Hall–Kier alpha value is -6.19. The van der Waals surface area contributed by atoms with Crippen molar-refractivity contribution < 1.29 is 0 Å². The van der Waals surface area contributed by atoms with Crippen LogP contribution in [0.25, 0.3) is 88.0 Å². The molecule has 0 fully saturated rings. The second kappa shape index (κ2) is 10.8. The number of nitrogens with zero attached hydrogens (tertiary/aromatic N) is 3. The summed E-state index contributed by atoms with van der Waals surface area (Å²) in [4.78, 5) is 13.5. The lowest BCUT2D eigenvalue weighted by atomic mass is 9.84. The van der Waals surface area contributed by atoms with Crippen molar-refractivity contribution in [3.05, 3.63) is 164 Å². The van der Waals surface area contributed by atoms with Gasteiger partial charge in [-0.15, -0.1) is 0 Å². The molecule has 0 N–H and O–H groups in total.